The van der Waals surface area contributed by atoms with Crippen LogP contribution >= 0.6 is 0 Å². The average Bonchev–Trinajstić information content (AvgIpc) is 2.28. The summed E-state index contributed by atoms with van der Waals surface area (Å²) in [6.45, 7) is 5.21. The summed E-state index contributed by atoms with van der Waals surface area (Å²) in [6, 6.07) is 8.00. The summed E-state index contributed by atoms with van der Waals surface area (Å²) in [7, 11) is 0. The van der Waals surface area contributed by atoms with E-state index < -0.39 is 0 Å². The molecule has 17 heavy (non-hydrogen) atoms. The van der Waals surface area contributed by atoms with Gasteiger partial charge in [-0.15, -0.1) is 0 Å². The van der Waals surface area contributed by atoms with Crippen molar-refractivity contribution in [2.24, 2.45) is 5.73 Å². The molecule has 1 saturated heterocycles. The van der Waals surface area contributed by atoms with E-state index in [1.54, 1.807) is 0 Å². The van der Waals surface area contributed by atoms with E-state index >= 15 is 0 Å². The van der Waals surface area contributed by atoms with Crippen molar-refractivity contribution in [3.8, 4) is 0 Å². The molecule has 1 aliphatic rings. The number of hydrogen-bond acceptors (Lipinski definition) is 3. The van der Waals surface area contributed by atoms with Crippen molar-refractivity contribution in [2.75, 3.05) is 18.0 Å². The summed E-state index contributed by atoms with van der Waals surface area (Å²) in [4.78, 5) is 14.0. The predicted octanol–water partition coefficient (Wildman–Crippen LogP) is 0.647. The summed E-state index contributed by atoms with van der Waals surface area (Å²) in [5.74, 6) is 0.0227. The van der Waals surface area contributed by atoms with Gasteiger partial charge in [0, 0.05) is 24.8 Å². The standard InChI is InChI=1S/C13H19N3O/c1-9-5-3-4-6-11(9)16-8-10(2)15-13(17)12(16)7-14/h3-6,10,12H,7-8,14H2,1-2H3,(H,15,17). The Morgan fingerprint density at radius 2 is 2.18 bits per heavy atom. The van der Waals surface area contributed by atoms with Crippen LogP contribution in [0.25, 0.3) is 0 Å². The number of nitrogens with two attached hydrogens (primary N) is 1. The lowest BCUT2D eigenvalue weighted by Crippen LogP contribution is -2.61. The number of carbonyl (C=O) groups is 1. The number of carbonyl (C=O) groups excluding carboxylic acids is 1. The molecular formula is C13H19N3O. The van der Waals surface area contributed by atoms with E-state index in [1.165, 1.54) is 5.56 Å². The van der Waals surface area contributed by atoms with Crippen molar-refractivity contribution in [1.82, 2.24) is 5.32 Å². The Kier molecular flexibility index (Phi) is 3.33. The maximum Gasteiger partial charge on any atom is 0.244 e. The van der Waals surface area contributed by atoms with Crippen molar-refractivity contribution in [3.05, 3.63) is 29.8 Å². The number of nitrogens with one attached hydrogen (secondary N) is 1. The normalized spacial score (nSPS) is 24.6. The molecule has 1 aromatic carbocycles. The van der Waals surface area contributed by atoms with Crippen LogP contribution in [-0.2, 0) is 4.79 Å². The Morgan fingerprint density at radius 1 is 1.47 bits per heavy atom. The van der Waals surface area contributed by atoms with Crippen LogP contribution in [0.4, 0.5) is 5.69 Å². The van der Waals surface area contributed by atoms with E-state index in [4.69, 9.17) is 5.73 Å². The molecule has 0 saturated carbocycles. The first-order valence-electron chi connectivity index (χ1n) is 5.96. The molecule has 4 nitrogen and oxygen atoms in total. The molecule has 3 N–H and O–H groups in total. The van der Waals surface area contributed by atoms with Gasteiger partial charge in [-0.3, -0.25) is 4.79 Å². The summed E-state index contributed by atoms with van der Waals surface area (Å²) in [5.41, 5.74) is 7.99. The third-order valence-corrected chi connectivity index (χ3v) is 3.19. The van der Waals surface area contributed by atoms with Gasteiger partial charge in [-0.05, 0) is 25.5 Å². The molecule has 1 amide bonds. The van der Waals surface area contributed by atoms with Gasteiger partial charge in [-0.1, -0.05) is 18.2 Å². The molecule has 4 heteroatoms. The second-order valence-electron chi connectivity index (χ2n) is 4.60. The SMILES string of the molecule is Cc1ccccc1N1CC(C)NC(=O)C1CN. The van der Waals surface area contributed by atoms with Crippen molar-refractivity contribution in [3.63, 3.8) is 0 Å². The molecule has 0 bridgehead atoms. The van der Waals surface area contributed by atoms with Gasteiger partial charge >= 0.3 is 0 Å². The number of nitrogens with zero attached hydrogens (tertiary/aromatic N) is 1. The van der Waals surface area contributed by atoms with Gasteiger partial charge in [0.15, 0.2) is 0 Å². The third-order valence-electron chi connectivity index (χ3n) is 3.19. The molecule has 1 aliphatic heterocycles. The Morgan fingerprint density at radius 3 is 2.82 bits per heavy atom. The van der Waals surface area contributed by atoms with Crippen LogP contribution in [0, 0.1) is 6.92 Å². The van der Waals surface area contributed by atoms with Crippen LogP contribution in [0.5, 0.6) is 0 Å². The largest absolute Gasteiger partial charge is 0.356 e. The summed E-state index contributed by atoms with van der Waals surface area (Å²) in [6.07, 6.45) is 0. The third kappa shape index (κ3) is 2.26. The zero-order valence-electron chi connectivity index (χ0n) is 10.3. The first kappa shape index (κ1) is 11.9. The van der Waals surface area contributed by atoms with E-state index in [0.717, 1.165) is 12.2 Å². The number of para-hydroxylation sites is 1. The number of hydrogen-bond donors (Lipinski definition) is 2. The maximum absolute atomic E-state index is 11.9. The number of rotatable bonds is 2. The average molecular weight is 233 g/mol. The molecule has 1 aromatic rings. The van der Waals surface area contributed by atoms with Crippen LogP contribution in [0.3, 0.4) is 0 Å². The van der Waals surface area contributed by atoms with Crippen molar-refractivity contribution >= 4 is 11.6 Å². The molecule has 2 atom stereocenters. The number of aryl methyl sites for hydroxylation is 1. The quantitative estimate of drug-likeness (QED) is 0.788. The van der Waals surface area contributed by atoms with Gasteiger partial charge in [0.2, 0.25) is 5.91 Å². The fourth-order valence-electron chi connectivity index (χ4n) is 2.33. The highest BCUT2D eigenvalue weighted by Gasteiger charge is 2.32. The van der Waals surface area contributed by atoms with E-state index in [1.807, 2.05) is 25.1 Å². The van der Waals surface area contributed by atoms with Gasteiger partial charge in [0.1, 0.15) is 6.04 Å². The first-order valence-corrected chi connectivity index (χ1v) is 5.96. The lowest BCUT2D eigenvalue weighted by molar-refractivity contribution is -0.123. The second kappa shape index (κ2) is 4.75. The van der Waals surface area contributed by atoms with Crippen LogP contribution in [-0.4, -0.2) is 31.1 Å². The molecule has 0 spiro atoms. The van der Waals surface area contributed by atoms with E-state index in [0.29, 0.717) is 6.54 Å². The minimum absolute atomic E-state index is 0.0227. The zero-order valence-corrected chi connectivity index (χ0v) is 10.3. The van der Waals surface area contributed by atoms with Crippen LogP contribution < -0.4 is 16.0 Å². The number of amides is 1. The first-order chi connectivity index (χ1) is 8.13. The molecule has 0 aliphatic carbocycles. The Hall–Kier alpha value is -1.55. The Balaban J connectivity index is 2.34. The van der Waals surface area contributed by atoms with Crippen molar-refractivity contribution in [2.45, 2.75) is 25.9 Å². The Bertz CT molecular complexity index is 419. The molecule has 1 heterocycles. The van der Waals surface area contributed by atoms with Gasteiger partial charge in [-0.25, -0.2) is 0 Å². The van der Waals surface area contributed by atoms with Crippen LogP contribution in [0.1, 0.15) is 12.5 Å². The summed E-state index contributed by atoms with van der Waals surface area (Å²) < 4.78 is 0. The highest BCUT2D eigenvalue weighted by molar-refractivity contribution is 5.87. The summed E-state index contributed by atoms with van der Waals surface area (Å²) in [5, 5.41) is 2.94. The fraction of sp³-hybridized carbons (Fsp3) is 0.462. The molecular weight excluding hydrogens is 214 g/mol. The molecule has 0 aromatic heterocycles. The lowest BCUT2D eigenvalue weighted by Gasteiger charge is -2.40. The molecule has 2 unspecified atom stereocenters. The molecule has 1 fully saturated rings. The Labute approximate surface area is 102 Å². The van der Waals surface area contributed by atoms with Gasteiger partial charge in [-0.2, -0.15) is 0 Å². The minimum Gasteiger partial charge on any atom is -0.356 e. The lowest BCUT2D eigenvalue weighted by atomic mass is 10.1. The van der Waals surface area contributed by atoms with Crippen molar-refractivity contribution < 1.29 is 4.79 Å². The summed E-state index contributed by atoms with van der Waals surface area (Å²) >= 11 is 0. The maximum atomic E-state index is 11.9. The highest BCUT2D eigenvalue weighted by atomic mass is 16.2. The number of piperazine rings is 1. The topological polar surface area (TPSA) is 58.4 Å². The molecule has 2 rings (SSSR count). The fourth-order valence-corrected chi connectivity index (χ4v) is 2.33. The predicted molar refractivity (Wildman–Crippen MR) is 69.0 cm³/mol. The number of anilines is 1. The van der Waals surface area contributed by atoms with Gasteiger partial charge in [0.25, 0.3) is 0 Å². The second-order valence-corrected chi connectivity index (χ2v) is 4.60. The monoisotopic (exact) mass is 233 g/mol. The minimum atomic E-state index is -0.257. The van der Waals surface area contributed by atoms with E-state index in [9.17, 15) is 4.79 Å². The van der Waals surface area contributed by atoms with Crippen molar-refractivity contribution in [1.29, 1.82) is 0 Å². The van der Waals surface area contributed by atoms with Crippen LogP contribution in [0.2, 0.25) is 0 Å². The van der Waals surface area contributed by atoms with Crippen LogP contribution in [0.15, 0.2) is 24.3 Å². The molecule has 92 valence electrons. The zero-order chi connectivity index (χ0) is 12.4. The smallest absolute Gasteiger partial charge is 0.244 e. The number of benzene rings is 1. The highest BCUT2D eigenvalue weighted by Crippen LogP contribution is 2.23. The van der Waals surface area contributed by atoms with E-state index in [-0.39, 0.29) is 18.0 Å². The van der Waals surface area contributed by atoms with E-state index in [2.05, 4.69) is 23.2 Å². The van der Waals surface area contributed by atoms with Gasteiger partial charge < -0.3 is 16.0 Å². The molecule has 0 radical (unpaired) electrons. The van der Waals surface area contributed by atoms with Gasteiger partial charge in [0.05, 0.1) is 0 Å².